The maximum atomic E-state index is 13.0. The second kappa shape index (κ2) is 6.06. The van der Waals surface area contributed by atoms with Crippen LogP contribution in [0, 0.1) is 5.82 Å². The fourth-order valence-electron chi connectivity index (χ4n) is 1.72. The first kappa shape index (κ1) is 14.5. The number of nitrogens with two attached hydrogens (primary N) is 1. The van der Waals surface area contributed by atoms with Crippen LogP contribution in [0.3, 0.4) is 0 Å². The number of benzene rings is 1. The van der Waals surface area contributed by atoms with Crippen molar-refractivity contribution in [2.45, 2.75) is 12.5 Å². The minimum atomic E-state index is -0.437. The van der Waals surface area contributed by atoms with Gasteiger partial charge in [-0.05, 0) is 30.2 Å². The van der Waals surface area contributed by atoms with Crippen molar-refractivity contribution in [3.8, 4) is 0 Å². The van der Waals surface area contributed by atoms with Crippen LogP contribution in [-0.2, 0) is 6.42 Å². The lowest BCUT2D eigenvalue weighted by Gasteiger charge is -2.14. The van der Waals surface area contributed by atoms with E-state index in [1.54, 1.807) is 12.1 Å². The molecule has 19 heavy (non-hydrogen) atoms. The minimum absolute atomic E-state index is 0.334. The van der Waals surface area contributed by atoms with E-state index >= 15 is 0 Å². The molecule has 2 rings (SSSR count). The van der Waals surface area contributed by atoms with Gasteiger partial charge in [-0.2, -0.15) is 0 Å². The summed E-state index contributed by atoms with van der Waals surface area (Å²) in [7, 11) is 0. The van der Waals surface area contributed by atoms with Crippen molar-refractivity contribution in [2.24, 2.45) is 5.73 Å². The zero-order valence-electron chi connectivity index (χ0n) is 9.71. The molecule has 1 aromatic heterocycles. The largest absolute Gasteiger partial charge is 0.322 e. The summed E-state index contributed by atoms with van der Waals surface area (Å²) in [6.45, 7) is 0. The van der Waals surface area contributed by atoms with E-state index in [2.05, 4.69) is 4.98 Å². The van der Waals surface area contributed by atoms with Crippen molar-refractivity contribution in [3.05, 3.63) is 62.6 Å². The SMILES string of the molecule is NC(Cc1ccc(F)cc1Cl)c1ncc(Cl)cc1Cl. The lowest BCUT2D eigenvalue weighted by Crippen LogP contribution is -2.15. The van der Waals surface area contributed by atoms with Crippen LogP contribution >= 0.6 is 34.8 Å². The molecule has 0 radical (unpaired) electrons. The normalized spacial score (nSPS) is 12.5. The number of hydrogen-bond donors (Lipinski definition) is 1. The van der Waals surface area contributed by atoms with Gasteiger partial charge in [-0.1, -0.05) is 40.9 Å². The average Bonchev–Trinajstić information content (AvgIpc) is 2.32. The molecule has 2 nitrogen and oxygen atoms in total. The van der Waals surface area contributed by atoms with Crippen LogP contribution < -0.4 is 5.73 Å². The summed E-state index contributed by atoms with van der Waals surface area (Å²) in [5.41, 5.74) is 7.32. The Morgan fingerprint density at radius 2 is 1.89 bits per heavy atom. The standard InChI is InChI=1S/C13H10Cl3FN2/c14-8-4-11(16)13(19-6-8)12(18)3-7-1-2-9(17)5-10(7)15/h1-2,4-6,12H,3,18H2. The summed E-state index contributed by atoms with van der Waals surface area (Å²) in [5, 5.41) is 1.18. The molecular formula is C13H10Cl3FN2. The van der Waals surface area contributed by atoms with Crippen LogP contribution in [0.5, 0.6) is 0 Å². The molecule has 0 saturated carbocycles. The lowest BCUT2D eigenvalue weighted by molar-refractivity contribution is 0.625. The van der Waals surface area contributed by atoms with E-state index in [9.17, 15) is 4.39 Å². The summed E-state index contributed by atoms with van der Waals surface area (Å²) in [4.78, 5) is 4.12. The third kappa shape index (κ3) is 3.57. The molecule has 0 fully saturated rings. The van der Waals surface area contributed by atoms with E-state index in [4.69, 9.17) is 40.5 Å². The molecule has 0 spiro atoms. The molecule has 2 aromatic rings. The minimum Gasteiger partial charge on any atom is -0.322 e. The van der Waals surface area contributed by atoms with Crippen LogP contribution in [0.2, 0.25) is 15.1 Å². The van der Waals surface area contributed by atoms with Crippen LogP contribution in [0.4, 0.5) is 4.39 Å². The molecule has 0 saturated heterocycles. The van der Waals surface area contributed by atoms with Crippen LogP contribution in [0.25, 0.3) is 0 Å². The average molecular weight is 320 g/mol. The first-order chi connectivity index (χ1) is 8.97. The highest BCUT2D eigenvalue weighted by Crippen LogP contribution is 2.27. The predicted molar refractivity (Wildman–Crippen MR) is 76.3 cm³/mol. The van der Waals surface area contributed by atoms with Gasteiger partial charge >= 0.3 is 0 Å². The molecule has 0 bridgehead atoms. The second-order valence-corrected chi connectivity index (χ2v) is 5.32. The van der Waals surface area contributed by atoms with Gasteiger partial charge in [0.15, 0.2) is 0 Å². The molecule has 6 heteroatoms. The highest BCUT2D eigenvalue weighted by Gasteiger charge is 2.15. The molecule has 0 aliphatic carbocycles. The summed E-state index contributed by atoms with van der Waals surface area (Å²) >= 11 is 17.8. The van der Waals surface area contributed by atoms with Gasteiger partial charge in [-0.25, -0.2) is 4.39 Å². The van der Waals surface area contributed by atoms with Crippen molar-refractivity contribution in [3.63, 3.8) is 0 Å². The Morgan fingerprint density at radius 1 is 1.16 bits per heavy atom. The Morgan fingerprint density at radius 3 is 2.53 bits per heavy atom. The van der Waals surface area contributed by atoms with E-state index in [0.29, 0.717) is 27.2 Å². The molecule has 1 atom stereocenters. The number of nitrogens with zero attached hydrogens (tertiary/aromatic N) is 1. The highest BCUT2D eigenvalue weighted by atomic mass is 35.5. The molecule has 1 aromatic carbocycles. The number of pyridine rings is 1. The zero-order valence-corrected chi connectivity index (χ0v) is 12.0. The number of halogens is 4. The van der Waals surface area contributed by atoms with Crippen LogP contribution in [-0.4, -0.2) is 4.98 Å². The Bertz CT molecular complexity index is 604. The van der Waals surface area contributed by atoms with E-state index in [-0.39, 0.29) is 5.82 Å². The van der Waals surface area contributed by atoms with Gasteiger partial charge in [0, 0.05) is 11.2 Å². The summed E-state index contributed by atoms with van der Waals surface area (Å²) < 4.78 is 13.0. The first-order valence-corrected chi connectivity index (χ1v) is 6.61. The predicted octanol–water partition coefficient (Wildman–Crippen LogP) is 4.42. The quantitative estimate of drug-likeness (QED) is 0.909. The second-order valence-electron chi connectivity index (χ2n) is 4.07. The van der Waals surface area contributed by atoms with Crippen molar-refractivity contribution in [1.29, 1.82) is 0 Å². The van der Waals surface area contributed by atoms with Gasteiger partial charge in [0.05, 0.1) is 21.8 Å². The van der Waals surface area contributed by atoms with Gasteiger partial charge in [-0.3, -0.25) is 4.98 Å². The Hall–Kier alpha value is -0.870. The monoisotopic (exact) mass is 318 g/mol. The first-order valence-electron chi connectivity index (χ1n) is 5.48. The van der Waals surface area contributed by atoms with Gasteiger partial charge in [0.1, 0.15) is 5.82 Å². The molecule has 0 amide bonds. The van der Waals surface area contributed by atoms with Crippen molar-refractivity contribution < 1.29 is 4.39 Å². The molecule has 0 aliphatic rings. The highest BCUT2D eigenvalue weighted by molar-refractivity contribution is 6.34. The van der Waals surface area contributed by atoms with Gasteiger partial charge < -0.3 is 5.73 Å². The number of hydrogen-bond acceptors (Lipinski definition) is 2. The fraction of sp³-hybridized carbons (Fsp3) is 0.154. The summed E-state index contributed by atoms with van der Waals surface area (Å²) in [6, 6.07) is 5.33. The van der Waals surface area contributed by atoms with Crippen molar-refractivity contribution in [2.75, 3.05) is 0 Å². The molecule has 2 N–H and O–H groups in total. The Kier molecular flexibility index (Phi) is 4.63. The zero-order chi connectivity index (χ0) is 14.0. The van der Waals surface area contributed by atoms with E-state index in [0.717, 1.165) is 5.56 Å². The van der Waals surface area contributed by atoms with Crippen molar-refractivity contribution >= 4 is 34.8 Å². The molecule has 1 heterocycles. The topological polar surface area (TPSA) is 38.9 Å². The summed E-state index contributed by atoms with van der Waals surface area (Å²) in [6.07, 6.45) is 1.89. The Balaban J connectivity index is 2.23. The third-order valence-electron chi connectivity index (χ3n) is 2.64. The number of rotatable bonds is 3. The molecule has 100 valence electrons. The number of aromatic nitrogens is 1. The van der Waals surface area contributed by atoms with Gasteiger partial charge in [0.25, 0.3) is 0 Å². The summed E-state index contributed by atoms with van der Waals surface area (Å²) in [5.74, 6) is -0.384. The van der Waals surface area contributed by atoms with Crippen molar-refractivity contribution in [1.82, 2.24) is 4.98 Å². The van der Waals surface area contributed by atoms with Crippen LogP contribution in [0.1, 0.15) is 17.3 Å². The lowest BCUT2D eigenvalue weighted by atomic mass is 10.0. The van der Waals surface area contributed by atoms with E-state index < -0.39 is 6.04 Å². The van der Waals surface area contributed by atoms with Gasteiger partial charge in [-0.15, -0.1) is 0 Å². The van der Waals surface area contributed by atoms with E-state index in [1.165, 1.54) is 18.3 Å². The maximum Gasteiger partial charge on any atom is 0.124 e. The third-order valence-corrected chi connectivity index (χ3v) is 3.50. The molecule has 1 unspecified atom stereocenters. The van der Waals surface area contributed by atoms with Gasteiger partial charge in [0.2, 0.25) is 0 Å². The van der Waals surface area contributed by atoms with E-state index in [1.807, 2.05) is 0 Å². The smallest absolute Gasteiger partial charge is 0.124 e. The maximum absolute atomic E-state index is 13.0. The van der Waals surface area contributed by atoms with Crippen LogP contribution in [0.15, 0.2) is 30.5 Å². The fourth-order valence-corrected chi connectivity index (χ4v) is 2.48. The Labute approximate surface area is 125 Å². The molecular weight excluding hydrogens is 310 g/mol. The molecule has 0 aliphatic heterocycles.